The summed E-state index contributed by atoms with van der Waals surface area (Å²) in [7, 11) is 0. The number of allylic oxidation sites excluding steroid dienone is 1. The van der Waals surface area contributed by atoms with Crippen molar-refractivity contribution >= 4 is 40.2 Å². The largest absolute Gasteiger partial charge is 0.256 e. The molecule has 1 aliphatic heterocycles. The van der Waals surface area contributed by atoms with Crippen LogP contribution in [-0.2, 0) is 0 Å². The highest BCUT2D eigenvalue weighted by molar-refractivity contribution is 14.1. The summed E-state index contributed by atoms with van der Waals surface area (Å²) in [5.74, 6) is 2.71. The first kappa shape index (κ1) is 9.30. The topological polar surface area (TPSA) is 37.6 Å². The molecule has 0 saturated heterocycles. The number of hydrogen-bond acceptors (Lipinski definition) is 3. The molecule has 2 heterocycles. The second kappa shape index (κ2) is 4.30. The third kappa shape index (κ3) is 1.97. The Bertz CT molecular complexity index is 454. The van der Waals surface area contributed by atoms with Crippen molar-refractivity contribution in [2.24, 2.45) is 9.98 Å². The molecule has 2 rings (SSSR count). The van der Waals surface area contributed by atoms with E-state index in [0.717, 1.165) is 15.0 Å². The van der Waals surface area contributed by atoms with Crippen molar-refractivity contribution in [3.8, 4) is 0 Å². The Balaban J connectivity index is 2.50. The average Bonchev–Trinajstić information content (AvgIpc) is 2.44. The van der Waals surface area contributed by atoms with E-state index >= 15 is 0 Å². The van der Waals surface area contributed by atoms with Crippen molar-refractivity contribution in [2.45, 2.75) is 0 Å². The van der Waals surface area contributed by atoms with Crippen LogP contribution < -0.4 is 0 Å². The summed E-state index contributed by atoms with van der Waals surface area (Å²) in [6.45, 7) is 0. The van der Waals surface area contributed by atoms with Gasteiger partial charge in [-0.25, -0.2) is 0 Å². The van der Waals surface area contributed by atoms with E-state index in [-0.39, 0.29) is 0 Å². The van der Waals surface area contributed by atoms with Gasteiger partial charge >= 0.3 is 0 Å². The van der Waals surface area contributed by atoms with Crippen molar-refractivity contribution in [1.29, 1.82) is 0 Å². The maximum atomic E-state index is 4.24. The molecule has 0 atom stereocenters. The fourth-order valence-electron chi connectivity index (χ4n) is 1.04. The van der Waals surface area contributed by atoms with Gasteiger partial charge in [-0.2, -0.15) is 4.99 Å². The molecule has 0 fully saturated rings. The minimum absolute atomic E-state index is 0.846. The third-order valence-electron chi connectivity index (χ3n) is 1.66. The highest BCUT2D eigenvalue weighted by atomic mass is 127. The van der Waals surface area contributed by atoms with Gasteiger partial charge in [0.2, 0.25) is 0 Å². The van der Waals surface area contributed by atoms with Crippen LogP contribution in [0.5, 0.6) is 0 Å². The average molecular weight is 295 g/mol. The lowest BCUT2D eigenvalue weighted by Crippen LogP contribution is -1.90. The van der Waals surface area contributed by atoms with Crippen molar-refractivity contribution in [2.75, 3.05) is 0 Å². The molecule has 1 aliphatic rings. The van der Waals surface area contributed by atoms with Crippen LogP contribution in [0.15, 0.2) is 44.3 Å². The lowest BCUT2D eigenvalue weighted by molar-refractivity contribution is 1.28. The first-order valence-electron chi connectivity index (χ1n) is 4.00. The predicted octanol–water partition coefficient (Wildman–Crippen LogP) is 2.45. The number of halogens is 1. The van der Waals surface area contributed by atoms with Crippen LogP contribution in [-0.4, -0.2) is 17.1 Å². The third-order valence-corrected chi connectivity index (χ3v) is 2.48. The van der Waals surface area contributed by atoms with Gasteiger partial charge < -0.3 is 0 Å². The van der Waals surface area contributed by atoms with E-state index in [2.05, 4.69) is 43.4 Å². The van der Waals surface area contributed by atoms with Gasteiger partial charge in [0.15, 0.2) is 0 Å². The van der Waals surface area contributed by atoms with Crippen LogP contribution in [0.4, 0.5) is 0 Å². The van der Waals surface area contributed by atoms with E-state index in [1.54, 1.807) is 12.4 Å². The smallest absolute Gasteiger partial charge is 0.122 e. The van der Waals surface area contributed by atoms with Gasteiger partial charge in [0.05, 0.1) is 17.5 Å². The molecule has 0 amide bonds. The first-order chi connectivity index (χ1) is 6.88. The summed E-state index contributed by atoms with van der Waals surface area (Å²) < 4.78 is 0.846. The van der Waals surface area contributed by atoms with E-state index in [9.17, 15) is 0 Å². The second-order valence-electron chi connectivity index (χ2n) is 2.57. The summed E-state index contributed by atoms with van der Waals surface area (Å²) >= 11 is 2.15. The van der Waals surface area contributed by atoms with E-state index in [1.807, 2.05) is 18.2 Å². The van der Waals surface area contributed by atoms with Gasteiger partial charge in [-0.1, -0.05) is 6.07 Å². The van der Waals surface area contributed by atoms with Crippen LogP contribution in [0, 0.1) is 0 Å². The van der Waals surface area contributed by atoms with Gasteiger partial charge in [-0.3, -0.25) is 9.98 Å². The molecule has 0 unspecified atom stereocenters. The molecular formula is C10H6IN3. The van der Waals surface area contributed by atoms with Crippen molar-refractivity contribution in [3.05, 3.63) is 40.0 Å². The van der Waals surface area contributed by atoms with Crippen LogP contribution in [0.1, 0.15) is 5.69 Å². The Hall–Kier alpha value is -1.26. The minimum atomic E-state index is 0.846. The standard InChI is InChI=1S/C10H6IN3/c11-10-8(7-12-5-6-14-10)9-3-1-2-4-13-9/h1-5,7H. The van der Waals surface area contributed by atoms with E-state index in [4.69, 9.17) is 0 Å². The highest BCUT2D eigenvalue weighted by Gasteiger charge is 2.05. The number of hydrogen-bond donors (Lipinski definition) is 0. The van der Waals surface area contributed by atoms with Gasteiger partial charge in [0.25, 0.3) is 0 Å². The molecule has 0 spiro atoms. The highest BCUT2D eigenvalue weighted by Crippen LogP contribution is 2.21. The van der Waals surface area contributed by atoms with E-state index in [1.165, 1.54) is 6.20 Å². The molecule has 1 aromatic heterocycles. The van der Waals surface area contributed by atoms with Crippen LogP contribution in [0.2, 0.25) is 0 Å². The van der Waals surface area contributed by atoms with Gasteiger partial charge in [0.1, 0.15) is 3.70 Å². The first-order valence-corrected chi connectivity index (χ1v) is 5.08. The lowest BCUT2D eigenvalue weighted by Gasteiger charge is -1.99. The molecule has 0 aliphatic carbocycles. The van der Waals surface area contributed by atoms with E-state index in [0.29, 0.717) is 0 Å². The molecule has 0 N–H and O–H groups in total. The van der Waals surface area contributed by atoms with Crippen molar-refractivity contribution in [1.82, 2.24) is 4.98 Å². The Morgan fingerprint density at radius 1 is 1.29 bits per heavy atom. The molecule has 0 bridgehead atoms. The predicted molar refractivity (Wildman–Crippen MR) is 65.7 cm³/mol. The summed E-state index contributed by atoms with van der Waals surface area (Å²) in [6.07, 6.45) is 5.03. The second-order valence-corrected chi connectivity index (χ2v) is 3.59. The van der Waals surface area contributed by atoms with Crippen molar-refractivity contribution < 1.29 is 0 Å². The summed E-state index contributed by atoms with van der Waals surface area (Å²) in [6, 6.07) is 5.75. The minimum Gasteiger partial charge on any atom is -0.256 e. The zero-order valence-corrected chi connectivity index (χ0v) is 9.34. The number of aromatic nitrogens is 1. The van der Waals surface area contributed by atoms with Gasteiger partial charge in [0, 0.05) is 18.3 Å². The maximum Gasteiger partial charge on any atom is 0.122 e. The molecule has 14 heavy (non-hydrogen) atoms. The number of aliphatic imine (C=N–C) groups is 2. The molecule has 1 aromatic rings. The van der Waals surface area contributed by atoms with Crippen LogP contribution in [0.25, 0.3) is 5.57 Å². The molecule has 68 valence electrons. The summed E-state index contributed by atoms with van der Waals surface area (Å²) in [4.78, 5) is 12.3. The zero-order chi connectivity index (χ0) is 9.80. The maximum absolute atomic E-state index is 4.24. The summed E-state index contributed by atoms with van der Waals surface area (Å²) in [5.41, 5.74) is 1.80. The molecule has 3 nitrogen and oxygen atoms in total. The fourth-order valence-corrected chi connectivity index (χ4v) is 1.59. The Labute approximate surface area is 95.1 Å². The van der Waals surface area contributed by atoms with Gasteiger partial charge in [-0.15, -0.1) is 0 Å². The molecule has 0 saturated carbocycles. The van der Waals surface area contributed by atoms with Crippen LogP contribution >= 0.6 is 22.6 Å². The summed E-state index contributed by atoms with van der Waals surface area (Å²) in [5, 5.41) is 0. The monoisotopic (exact) mass is 295 g/mol. The quantitative estimate of drug-likeness (QED) is 0.579. The Morgan fingerprint density at radius 3 is 3.00 bits per heavy atom. The zero-order valence-electron chi connectivity index (χ0n) is 7.18. The lowest BCUT2D eigenvalue weighted by atomic mass is 10.2. The fraction of sp³-hybridized carbons (Fsp3) is 0. The SMILES string of the molecule is IC1=C(c2ccccn2)C=NC=C=N1. The Morgan fingerprint density at radius 2 is 2.21 bits per heavy atom. The van der Waals surface area contributed by atoms with Crippen LogP contribution in [0.3, 0.4) is 0 Å². The molecule has 4 heteroatoms. The number of rotatable bonds is 1. The van der Waals surface area contributed by atoms with E-state index < -0.39 is 0 Å². The number of pyridine rings is 1. The number of nitrogens with zero attached hydrogens (tertiary/aromatic N) is 3. The molecular weight excluding hydrogens is 289 g/mol. The van der Waals surface area contributed by atoms with Gasteiger partial charge in [-0.05, 0) is 34.7 Å². The normalized spacial score (nSPS) is 14.6. The Kier molecular flexibility index (Phi) is 2.86. The molecule has 0 radical (unpaired) electrons. The van der Waals surface area contributed by atoms with Crippen molar-refractivity contribution in [3.63, 3.8) is 0 Å². The molecule has 0 aromatic carbocycles.